The van der Waals surface area contributed by atoms with Gasteiger partial charge in [0.2, 0.25) is 0 Å². The van der Waals surface area contributed by atoms with E-state index in [4.69, 9.17) is 0 Å². The van der Waals surface area contributed by atoms with E-state index in [0.29, 0.717) is 22.3 Å². The molecular formula is C23H18O2. The molecule has 0 N–H and O–H groups in total. The first kappa shape index (κ1) is 15.5. The molecule has 0 spiro atoms. The number of fused-ring (bicyclic) bond motifs is 2. The van der Waals surface area contributed by atoms with Crippen molar-refractivity contribution in [1.29, 1.82) is 0 Å². The van der Waals surface area contributed by atoms with Gasteiger partial charge in [-0.2, -0.15) is 0 Å². The zero-order chi connectivity index (χ0) is 17.4. The minimum Gasteiger partial charge on any atom is -0.289 e. The van der Waals surface area contributed by atoms with Crippen LogP contribution in [0.3, 0.4) is 0 Å². The van der Waals surface area contributed by atoms with Crippen molar-refractivity contribution in [1.82, 2.24) is 0 Å². The third kappa shape index (κ3) is 2.70. The lowest BCUT2D eigenvalue weighted by atomic mass is 9.81. The van der Waals surface area contributed by atoms with Gasteiger partial charge in [-0.25, -0.2) is 0 Å². The van der Waals surface area contributed by atoms with Crippen molar-refractivity contribution in [2.75, 3.05) is 0 Å². The normalized spacial score (nSPS) is 14.0. The van der Waals surface area contributed by atoms with Crippen molar-refractivity contribution in [3.8, 4) is 0 Å². The minimum absolute atomic E-state index is 0.0565. The summed E-state index contributed by atoms with van der Waals surface area (Å²) in [6.07, 6.45) is 0.901. The van der Waals surface area contributed by atoms with Gasteiger partial charge in [-0.1, -0.05) is 73.7 Å². The monoisotopic (exact) mass is 326 g/mol. The van der Waals surface area contributed by atoms with Crippen LogP contribution in [0, 0.1) is 0 Å². The fourth-order valence-corrected chi connectivity index (χ4v) is 3.51. The lowest BCUT2D eigenvalue weighted by Crippen LogP contribution is -2.21. The van der Waals surface area contributed by atoms with Crippen LogP contribution in [-0.4, -0.2) is 11.6 Å². The number of carbonyl (C=O) groups excluding carboxylic acids is 2. The molecule has 0 saturated heterocycles. The Morgan fingerprint density at radius 1 is 0.680 bits per heavy atom. The van der Waals surface area contributed by atoms with E-state index in [-0.39, 0.29) is 17.5 Å². The molecule has 3 aromatic carbocycles. The lowest BCUT2D eigenvalue weighted by molar-refractivity contribution is 0.0979. The van der Waals surface area contributed by atoms with Crippen LogP contribution in [0.1, 0.15) is 55.8 Å². The molecule has 4 rings (SSSR count). The van der Waals surface area contributed by atoms with Crippen molar-refractivity contribution in [2.45, 2.75) is 19.3 Å². The van der Waals surface area contributed by atoms with E-state index in [2.05, 4.69) is 19.1 Å². The number of ketones is 2. The molecule has 0 fully saturated rings. The quantitative estimate of drug-likeness (QED) is 0.541. The van der Waals surface area contributed by atoms with E-state index >= 15 is 0 Å². The van der Waals surface area contributed by atoms with E-state index in [0.717, 1.165) is 12.0 Å². The predicted molar refractivity (Wildman–Crippen MR) is 98.3 cm³/mol. The molecule has 0 saturated carbocycles. The standard InChI is InChI=1S/C23H18O2/c1-15(13-16-7-3-2-4-8-16)17-11-12-20-21(14-17)23(25)19-10-6-5-9-18(19)22(20)24/h2-12,14-15H,13H2,1H3. The topological polar surface area (TPSA) is 34.1 Å². The second-order valence-corrected chi connectivity index (χ2v) is 6.60. The van der Waals surface area contributed by atoms with Gasteiger partial charge in [0.1, 0.15) is 0 Å². The van der Waals surface area contributed by atoms with Crippen molar-refractivity contribution in [2.24, 2.45) is 0 Å². The SMILES string of the molecule is CC(Cc1ccccc1)c1ccc2c(c1)C(=O)c1ccccc1C2=O. The van der Waals surface area contributed by atoms with E-state index in [1.54, 1.807) is 24.3 Å². The van der Waals surface area contributed by atoms with Gasteiger partial charge >= 0.3 is 0 Å². The molecule has 1 unspecified atom stereocenters. The first-order valence-corrected chi connectivity index (χ1v) is 8.51. The summed E-state index contributed by atoms with van der Waals surface area (Å²) in [5.74, 6) is 0.152. The second kappa shape index (κ2) is 6.14. The second-order valence-electron chi connectivity index (χ2n) is 6.60. The highest BCUT2D eigenvalue weighted by Crippen LogP contribution is 2.30. The number of hydrogen-bond acceptors (Lipinski definition) is 2. The Bertz CT molecular complexity index is 970. The number of carbonyl (C=O) groups is 2. The van der Waals surface area contributed by atoms with Gasteiger partial charge in [-0.05, 0) is 29.5 Å². The molecule has 0 heterocycles. The fourth-order valence-electron chi connectivity index (χ4n) is 3.51. The maximum Gasteiger partial charge on any atom is 0.194 e. The smallest absolute Gasteiger partial charge is 0.194 e. The van der Waals surface area contributed by atoms with Crippen LogP contribution in [0.15, 0.2) is 72.8 Å². The molecular weight excluding hydrogens is 308 g/mol. The summed E-state index contributed by atoms with van der Waals surface area (Å²) in [5, 5.41) is 0. The molecule has 25 heavy (non-hydrogen) atoms. The van der Waals surface area contributed by atoms with Crippen molar-refractivity contribution >= 4 is 11.6 Å². The molecule has 2 heteroatoms. The average molecular weight is 326 g/mol. The lowest BCUT2D eigenvalue weighted by Gasteiger charge is -2.20. The molecule has 0 aliphatic heterocycles. The minimum atomic E-state index is -0.0625. The van der Waals surface area contributed by atoms with Crippen molar-refractivity contribution < 1.29 is 9.59 Å². The molecule has 3 aromatic rings. The number of hydrogen-bond donors (Lipinski definition) is 0. The summed E-state index contributed by atoms with van der Waals surface area (Å²) >= 11 is 0. The molecule has 122 valence electrons. The Labute approximate surface area is 147 Å². The summed E-state index contributed by atoms with van der Waals surface area (Å²) in [5.41, 5.74) is 4.40. The van der Waals surface area contributed by atoms with Gasteiger partial charge < -0.3 is 0 Å². The molecule has 1 aliphatic rings. The zero-order valence-electron chi connectivity index (χ0n) is 14.0. The summed E-state index contributed by atoms with van der Waals surface area (Å²) in [6, 6.07) is 23.1. The molecule has 0 amide bonds. The summed E-state index contributed by atoms with van der Waals surface area (Å²) in [4.78, 5) is 25.5. The Morgan fingerprint density at radius 2 is 1.24 bits per heavy atom. The zero-order valence-corrected chi connectivity index (χ0v) is 14.0. The molecule has 2 nitrogen and oxygen atoms in total. The van der Waals surface area contributed by atoms with Gasteiger partial charge in [-0.15, -0.1) is 0 Å². The van der Waals surface area contributed by atoms with Crippen LogP contribution < -0.4 is 0 Å². The predicted octanol–water partition coefficient (Wildman–Crippen LogP) is 4.81. The number of rotatable bonds is 3. The molecule has 0 radical (unpaired) electrons. The van der Waals surface area contributed by atoms with E-state index < -0.39 is 0 Å². The van der Waals surface area contributed by atoms with E-state index in [1.165, 1.54) is 5.56 Å². The highest BCUT2D eigenvalue weighted by molar-refractivity contribution is 6.28. The van der Waals surface area contributed by atoms with Gasteiger partial charge in [0.25, 0.3) is 0 Å². The maximum atomic E-state index is 12.8. The third-order valence-electron chi connectivity index (χ3n) is 4.90. The van der Waals surface area contributed by atoms with Gasteiger partial charge in [0.05, 0.1) is 0 Å². The van der Waals surface area contributed by atoms with Crippen molar-refractivity contribution in [3.63, 3.8) is 0 Å². The summed E-state index contributed by atoms with van der Waals surface area (Å²) in [6.45, 7) is 2.15. The van der Waals surface area contributed by atoms with Gasteiger partial charge in [0.15, 0.2) is 11.6 Å². The van der Waals surface area contributed by atoms with Crippen molar-refractivity contribution in [3.05, 3.63) is 106 Å². The first-order valence-electron chi connectivity index (χ1n) is 8.51. The fraction of sp³-hybridized carbons (Fsp3) is 0.130. The highest BCUT2D eigenvalue weighted by Gasteiger charge is 2.29. The highest BCUT2D eigenvalue weighted by atomic mass is 16.1. The van der Waals surface area contributed by atoms with Gasteiger partial charge in [-0.3, -0.25) is 9.59 Å². The Hall–Kier alpha value is -3.00. The Balaban J connectivity index is 1.70. The number of benzene rings is 3. The third-order valence-corrected chi connectivity index (χ3v) is 4.90. The summed E-state index contributed by atoms with van der Waals surface area (Å²) < 4.78 is 0. The Kier molecular flexibility index (Phi) is 3.81. The molecule has 0 aromatic heterocycles. The molecule has 0 bridgehead atoms. The van der Waals surface area contributed by atoms with Gasteiger partial charge in [0, 0.05) is 22.3 Å². The molecule has 1 aliphatic carbocycles. The van der Waals surface area contributed by atoms with Crippen LogP contribution >= 0.6 is 0 Å². The van der Waals surface area contributed by atoms with Crippen LogP contribution in [-0.2, 0) is 6.42 Å². The van der Waals surface area contributed by atoms with E-state index in [1.807, 2.05) is 36.4 Å². The van der Waals surface area contributed by atoms with Crippen LogP contribution in [0.5, 0.6) is 0 Å². The largest absolute Gasteiger partial charge is 0.289 e. The van der Waals surface area contributed by atoms with Crippen LogP contribution in [0.2, 0.25) is 0 Å². The summed E-state index contributed by atoms with van der Waals surface area (Å²) in [7, 11) is 0. The Morgan fingerprint density at radius 3 is 1.92 bits per heavy atom. The van der Waals surface area contributed by atoms with Crippen LogP contribution in [0.4, 0.5) is 0 Å². The maximum absolute atomic E-state index is 12.8. The molecule has 1 atom stereocenters. The first-order chi connectivity index (χ1) is 12.1. The average Bonchev–Trinajstić information content (AvgIpc) is 2.66. The van der Waals surface area contributed by atoms with Crippen LogP contribution in [0.25, 0.3) is 0 Å². The van der Waals surface area contributed by atoms with E-state index in [9.17, 15) is 9.59 Å².